The fraction of sp³-hybridized carbons (Fsp3) is 0. The second-order valence-corrected chi connectivity index (χ2v) is 2.46. The fourth-order valence-electron chi connectivity index (χ4n) is 1.06. The summed E-state index contributed by atoms with van der Waals surface area (Å²) in [6, 6.07) is 10.0. The molecule has 0 spiro atoms. The molecule has 3 heteroatoms. The third-order valence-corrected chi connectivity index (χ3v) is 1.63. The molecule has 0 aliphatic rings. The van der Waals surface area contributed by atoms with E-state index in [4.69, 9.17) is 0 Å². The molecular formula is C10H11N3. The third-order valence-electron chi connectivity index (χ3n) is 1.63. The van der Waals surface area contributed by atoms with Crippen LogP contribution in [0.2, 0.25) is 0 Å². The van der Waals surface area contributed by atoms with Gasteiger partial charge in [-0.3, -0.25) is 9.97 Å². The molecule has 1 heterocycles. The average molecular weight is 173 g/mol. The van der Waals surface area contributed by atoms with Crippen LogP contribution in [-0.4, -0.2) is 9.97 Å². The highest BCUT2D eigenvalue weighted by molar-refractivity contribution is 5.57. The Labute approximate surface area is 77.1 Å². The molecule has 2 aromatic rings. The lowest BCUT2D eigenvalue weighted by atomic mass is 10.2. The highest BCUT2D eigenvalue weighted by atomic mass is 14.8. The van der Waals surface area contributed by atoms with Crippen molar-refractivity contribution in [2.75, 3.05) is 0 Å². The number of hydrogen-bond acceptors (Lipinski definition) is 3. The minimum Gasteiger partial charge on any atom is -0.344 e. The Morgan fingerprint density at radius 2 is 1.69 bits per heavy atom. The van der Waals surface area contributed by atoms with Crippen LogP contribution in [0.25, 0.3) is 11.3 Å². The number of rotatable bonds is 1. The van der Waals surface area contributed by atoms with Crippen LogP contribution in [0.1, 0.15) is 0 Å². The van der Waals surface area contributed by atoms with Crippen molar-refractivity contribution in [2.24, 2.45) is 0 Å². The Balaban J connectivity index is 0.000000845. The molecule has 0 unspecified atom stereocenters. The monoisotopic (exact) mass is 173 g/mol. The van der Waals surface area contributed by atoms with Crippen molar-refractivity contribution in [3.8, 4) is 11.3 Å². The highest BCUT2D eigenvalue weighted by Gasteiger charge is 1.94. The van der Waals surface area contributed by atoms with Gasteiger partial charge in [-0.15, -0.1) is 0 Å². The van der Waals surface area contributed by atoms with E-state index in [1.807, 2.05) is 30.3 Å². The minimum atomic E-state index is 0. The average Bonchev–Trinajstić information content (AvgIpc) is 2.21. The predicted molar refractivity (Wildman–Crippen MR) is 52.5 cm³/mol. The van der Waals surface area contributed by atoms with Gasteiger partial charge in [-0.05, 0) is 0 Å². The molecule has 0 saturated carbocycles. The van der Waals surface area contributed by atoms with Gasteiger partial charge >= 0.3 is 0 Å². The summed E-state index contributed by atoms with van der Waals surface area (Å²) in [5.41, 5.74) is 2.02. The Morgan fingerprint density at radius 1 is 0.923 bits per heavy atom. The van der Waals surface area contributed by atoms with Gasteiger partial charge in [0.05, 0.1) is 11.9 Å². The summed E-state index contributed by atoms with van der Waals surface area (Å²) in [7, 11) is 0. The molecule has 0 bridgehead atoms. The second kappa shape index (κ2) is 4.33. The zero-order valence-corrected chi connectivity index (χ0v) is 7.22. The largest absolute Gasteiger partial charge is 0.344 e. The Bertz CT molecular complexity index is 308. The highest BCUT2D eigenvalue weighted by Crippen LogP contribution is 2.13. The Morgan fingerprint density at radius 3 is 2.31 bits per heavy atom. The van der Waals surface area contributed by atoms with Crippen LogP contribution in [0.4, 0.5) is 0 Å². The van der Waals surface area contributed by atoms with Crippen LogP contribution in [0.15, 0.2) is 48.9 Å². The number of benzene rings is 1. The van der Waals surface area contributed by atoms with E-state index in [0.29, 0.717) is 0 Å². The van der Waals surface area contributed by atoms with Crippen molar-refractivity contribution in [2.45, 2.75) is 0 Å². The van der Waals surface area contributed by atoms with Crippen LogP contribution in [0.3, 0.4) is 0 Å². The summed E-state index contributed by atoms with van der Waals surface area (Å²) in [6.07, 6.45) is 5.13. The number of aromatic nitrogens is 2. The lowest BCUT2D eigenvalue weighted by molar-refractivity contribution is 1.21. The fourth-order valence-corrected chi connectivity index (χ4v) is 1.06. The lowest BCUT2D eigenvalue weighted by Gasteiger charge is -1.96. The quantitative estimate of drug-likeness (QED) is 0.719. The molecule has 1 aromatic carbocycles. The molecule has 0 fully saturated rings. The first kappa shape index (κ1) is 9.35. The molecule has 13 heavy (non-hydrogen) atoms. The number of hydrogen-bond donors (Lipinski definition) is 1. The molecule has 0 atom stereocenters. The van der Waals surface area contributed by atoms with Gasteiger partial charge in [-0.2, -0.15) is 0 Å². The Kier molecular flexibility index (Phi) is 3.11. The van der Waals surface area contributed by atoms with Crippen molar-refractivity contribution in [3.63, 3.8) is 0 Å². The van der Waals surface area contributed by atoms with E-state index in [9.17, 15) is 0 Å². The summed E-state index contributed by atoms with van der Waals surface area (Å²) < 4.78 is 0. The smallest absolute Gasteiger partial charge is 0.0885 e. The van der Waals surface area contributed by atoms with Gasteiger partial charge in [0, 0.05) is 18.0 Å². The van der Waals surface area contributed by atoms with E-state index in [2.05, 4.69) is 9.97 Å². The van der Waals surface area contributed by atoms with E-state index in [-0.39, 0.29) is 6.15 Å². The third kappa shape index (κ3) is 2.10. The second-order valence-electron chi connectivity index (χ2n) is 2.46. The van der Waals surface area contributed by atoms with Gasteiger partial charge in [0.1, 0.15) is 0 Å². The SMILES string of the molecule is N.c1ccc(-c2cnccn2)cc1. The van der Waals surface area contributed by atoms with Crippen LogP contribution >= 0.6 is 0 Å². The minimum absolute atomic E-state index is 0. The van der Waals surface area contributed by atoms with Gasteiger partial charge in [0.25, 0.3) is 0 Å². The maximum absolute atomic E-state index is 4.19. The van der Waals surface area contributed by atoms with E-state index in [0.717, 1.165) is 11.3 Å². The van der Waals surface area contributed by atoms with Crippen LogP contribution < -0.4 is 6.15 Å². The molecule has 66 valence electrons. The summed E-state index contributed by atoms with van der Waals surface area (Å²) in [5.74, 6) is 0. The maximum atomic E-state index is 4.19. The van der Waals surface area contributed by atoms with Gasteiger partial charge in [-0.1, -0.05) is 30.3 Å². The summed E-state index contributed by atoms with van der Waals surface area (Å²) >= 11 is 0. The lowest BCUT2D eigenvalue weighted by Crippen LogP contribution is -1.82. The summed E-state index contributed by atoms with van der Waals surface area (Å²) in [5, 5.41) is 0. The topological polar surface area (TPSA) is 60.8 Å². The van der Waals surface area contributed by atoms with Crippen LogP contribution in [-0.2, 0) is 0 Å². The van der Waals surface area contributed by atoms with Crippen molar-refractivity contribution in [1.82, 2.24) is 16.1 Å². The van der Waals surface area contributed by atoms with Gasteiger partial charge < -0.3 is 6.15 Å². The van der Waals surface area contributed by atoms with E-state index >= 15 is 0 Å². The molecule has 0 radical (unpaired) electrons. The maximum Gasteiger partial charge on any atom is 0.0885 e. The molecule has 0 saturated heterocycles. The molecule has 0 aliphatic heterocycles. The van der Waals surface area contributed by atoms with Crippen molar-refractivity contribution in [1.29, 1.82) is 0 Å². The van der Waals surface area contributed by atoms with Crippen molar-refractivity contribution < 1.29 is 0 Å². The standard InChI is InChI=1S/C10H8N2.H3N/c1-2-4-9(5-3-1)10-8-11-6-7-12-10;/h1-8H;1H3. The van der Waals surface area contributed by atoms with Gasteiger partial charge in [0.15, 0.2) is 0 Å². The first-order valence-electron chi connectivity index (χ1n) is 3.78. The van der Waals surface area contributed by atoms with Crippen molar-refractivity contribution in [3.05, 3.63) is 48.9 Å². The van der Waals surface area contributed by atoms with E-state index < -0.39 is 0 Å². The first-order chi connectivity index (χ1) is 5.97. The normalized spacial score (nSPS) is 8.92. The number of nitrogens with zero attached hydrogens (tertiary/aromatic N) is 2. The Hall–Kier alpha value is -1.74. The van der Waals surface area contributed by atoms with E-state index in [1.54, 1.807) is 18.6 Å². The zero-order valence-electron chi connectivity index (χ0n) is 7.22. The van der Waals surface area contributed by atoms with Crippen LogP contribution in [0, 0.1) is 0 Å². The van der Waals surface area contributed by atoms with Gasteiger partial charge in [0.2, 0.25) is 0 Å². The summed E-state index contributed by atoms with van der Waals surface area (Å²) in [6.45, 7) is 0. The van der Waals surface area contributed by atoms with Crippen LogP contribution in [0.5, 0.6) is 0 Å². The molecule has 1 aromatic heterocycles. The summed E-state index contributed by atoms with van der Waals surface area (Å²) in [4.78, 5) is 8.19. The van der Waals surface area contributed by atoms with Gasteiger partial charge in [-0.25, -0.2) is 0 Å². The first-order valence-corrected chi connectivity index (χ1v) is 3.78. The molecule has 3 N–H and O–H groups in total. The molecule has 0 aliphatic carbocycles. The van der Waals surface area contributed by atoms with E-state index in [1.165, 1.54) is 0 Å². The molecule has 2 rings (SSSR count). The molecular weight excluding hydrogens is 162 g/mol. The molecule has 0 amide bonds. The molecule has 3 nitrogen and oxygen atoms in total. The predicted octanol–water partition coefficient (Wildman–Crippen LogP) is 2.31. The van der Waals surface area contributed by atoms with Crippen molar-refractivity contribution >= 4 is 0 Å². The zero-order chi connectivity index (χ0) is 8.23.